The topological polar surface area (TPSA) is 124 Å². The minimum atomic E-state index is -1.39. The van der Waals surface area contributed by atoms with Crippen LogP contribution in [0.3, 0.4) is 0 Å². The predicted molar refractivity (Wildman–Crippen MR) is 95.6 cm³/mol. The van der Waals surface area contributed by atoms with E-state index in [2.05, 4.69) is 15.5 Å². The molecule has 1 aromatic heterocycles. The van der Waals surface area contributed by atoms with Crippen LogP contribution in [0.15, 0.2) is 30.2 Å². The molecule has 1 amide bonds. The van der Waals surface area contributed by atoms with E-state index < -0.39 is 18.0 Å². The van der Waals surface area contributed by atoms with Crippen molar-refractivity contribution >= 4 is 17.4 Å². The van der Waals surface area contributed by atoms with Crippen LogP contribution in [0.5, 0.6) is 0 Å². The van der Waals surface area contributed by atoms with Gasteiger partial charge in [0, 0.05) is 0 Å². The summed E-state index contributed by atoms with van der Waals surface area (Å²) in [4.78, 5) is 25.5. The van der Waals surface area contributed by atoms with Crippen molar-refractivity contribution in [2.75, 3.05) is 0 Å². The summed E-state index contributed by atoms with van der Waals surface area (Å²) in [5.74, 6) is -2.18. The Hall–Kier alpha value is -2.07. The van der Waals surface area contributed by atoms with E-state index in [4.69, 9.17) is 0 Å². The van der Waals surface area contributed by atoms with E-state index in [0.717, 1.165) is 5.56 Å². The molecular formula is C19H20N5NaO4. The molecule has 9 nitrogen and oxygen atoms in total. The third kappa shape index (κ3) is 3.52. The second kappa shape index (κ2) is 7.98. The van der Waals surface area contributed by atoms with Crippen LogP contribution in [-0.4, -0.2) is 54.2 Å². The summed E-state index contributed by atoms with van der Waals surface area (Å²) in [6.07, 6.45) is 0.975. The van der Waals surface area contributed by atoms with E-state index in [9.17, 15) is 19.8 Å². The second-order valence-corrected chi connectivity index (χ2v) is 7.58. The maximum absolute atomic E-state index is 12.4. The van der Waals surface area contributed by atoms with Gasteiger partial charge >= 0.3 is 29.6 Å². The van der Waals surface area contributed by atoms with Crippen LogP contribution in [0, 0.1) is 5.92 Å². The molecule has 0 radical (unpaired) electrons. The summed E-state index contributed by atoms with van der Waals surface area (Å²) < 4.78 is 1.50. The van der Waals surface area contributed by atoms with Crippen molar-refractivity contribution in [3.63, 3.8) is 0 Å². The number of hydrogen-bond donors (Lipinski definition) is 1. The molecule has 0 spiro atoms. The molecule has 3 atom stereocenters. The smallest absolute Gasteiger partial charge is 0.543 e. The molecule has 0 bridgehead atoms. The van der Waals surface area contributed by atoms with Gasteiger partial charge in [-0.15, -0.1) is 5.10 Å². The third-order valence-electron chi connectivity index (χ3n) is 5.49. The van der Waals surface area contributed by atoms with Gasteiger partial charge in [-0.3, -0.25) is 4.79 Å². The molecule has 1 saturated heterocycles. The Labute approximate surface area is 189 Å². The van der Waals surface area contributed by atoms with Gasteiger partial charge < -0.3 is 19.9 Å². The molecule has 1 aromatic carbocycles. The number of hydrogen-bond acceptors (Lipinski definition) is 7. The van der Waals surface area contributed by atoms with E-state index >= 15 is 0 Å². The summed E-state index contributed by atoms with van der Waals surface area (Å²) in [6.45, 7) is 5.61. The monoisotopic (exact) mass is 405 g/mol. The largest absolute Gasteiger partial charge is 1.00 e. The summed E-state index contributed by atoms with van der Waals surface area (Å²) in [5.41, 5.74) is 2.78. The van der Waals surface area contributed by atoms with Gasteiger partial charge in [0.15, 0.2) is 0 Å². The Morgan fingerprint density at radius 1 is 1.28 bits per heavy atom. The molecular weight excluding hydrogens is 385 g/mol. The normalized spacial score (nSPS) is 21.7. The molecule has 2 aliphatic rings. The molecule has 4 rings (SSSR count). The van der Waals surface area contributed by atoms with Gasteiger partial charge in [0.25, 0.3) is 0 Å². The predicted octanol–water partition coefficient (Wildman–Crippen LogP) is -3.14. The zero-order valence-corrected chi connectivity index (χ0v) is 18.7. The fourth-order valence-electron chi connectivity index (χ4n) is 4.07. The zero-order chi connectivity index (χ0) is 20.2. The summed E-state index contributed by atoms with van der Waals surface area (Å²) >= 11 is 0. The number of fused-ring (bicyclic) bond motifs is 1. The van der Waals surface area contributed by atoms with Gasteiger partial charge in [-0.05, 0) is 58.5 Å². The number of amides is 1. The first kappa shape index (κ1) is 21.6. The Balaban J connectivity index is 0.00000240. The first-order valence-electron chi connectivity index (χ1n) is 9.14. The number of carbonyl (C=O) groups is 2. The van der Waals surface area contributed by atoms with Crippen LogP contribution in [0.1, 0.15) is 44.2 Å². The molecule has 2 aliphatic heterocycles. The summed E-state index contributed by atoms with van der Waals surface area (Å²) in [7, 11) is 0. The molecule has 0 aliphatic carbocycles. The van der Waals surface area contributed by atoms with Crippen molar-refractivity contribution in [2.45, 2.75) is 45.3 Å². The summed E-state index contributed by atoms with van der Waals surface area (Å²) in [6, 6.07) is 5.30. The molecule has 1 fully saturated rings. The zero-order valence-electron chi connectivity index (χ0n) is 16.7. The third-order valence-corrected chi connectivity index (χ3v) is 5.49. The number of carboxylic acid groups (broad SMARTS) is 1. The quantitative estimate of drug-likeness (QED) is 0.412. The number of β-lactam (4-membered cyclic amide) rings is 1. The number of carboxylic acids is 1. The first-order valence-corrected chi connectivity index (χ1v) is 9.14. The van der Waals surface area contributed by atoms with Crippen LogP contribution in [0.25, 0.3) is 11.3 Å². The number of aliphatic hydroxyl groups excluding tert-OH is 1. The SMILES string of the molecule is CC(C)c1cc(C2=C(C(=O)[O-])N3C(=O)C(C(C)O)C3C2)cc(-n2cnnn2)c1.[Na+]. The van der Waals surface area contributed by atoms with E-state index in [-0.39, 0.29) is 53.1 Å². The van der Waals surface area contributed by atoms with Crippen LogP contribution < -0.4 is 34.7 Å². The number of carbonyl (C=O) groups excluding carboxylic acids is 2. The van der Waals surface area contributed by atoms with Crippen molar-refractivity contribution in [3.8, 4) is 5.69 Å². The average Bonchev–Trinajstić information content (AvgIpc) is 3.27. The number of benzene rings is 1. The fourth-order valence-corrected chi connectivity index (χ4v) is 4.07. The minimum Gasteiger partial charge on any atom is -0.543 e. The van der Waals surface area contributed by atoms with Crippen LogP contribution in [0.4, 0.5) is 0 Å². The van der Waals surface area contributed by atoms with Crippen LogP contribution in [-0.2, 0) is 9.59 Å². The van der Waals surface area contributed by atoms with Gasteiger partial charge in [-0.25, -0.2) is 4.68 Å². The van der Waals surface area contributed by atoms with Gasteiger partial charge in [0.1, 0.15) is 6.33 Å². The maximum Gasteiger partial charge on any atom is 1.00 e. The van der Waals surface area contributed by atoms with E-state index in [0.29, 0.717) is 23.2 Å². The molecule has 146 valence electrons. The Kier molecular flexibility index (Phi) is 5.96. The molecule has 10 heteroatoms. The molecule has 1 N–H and O–H groups in total. The van der Waals surface area contributed by atoms with E-state index in [1.165, 1.54) is 15.9 Å². The second-order valence-electron chi connectivity index (χ2n) is 7.58. The molecule has 0 saturated carbocycles. The Bertz CT molecular complexity index is 986. The number of tetrazole rings is 1. The standard InChI is InChI=1S/C19H21N5O4.Na/c1-9(2)11-4-12(6-13(5-11)23-8-20-21-22-23)14-7-15-16(10(3)25)18(26)24(15)17(14)19(27)28;/h4-6,8-10,15-16,25H,7H2,1-3H3,(H,27,28);/q;+1/p-1. The van der Waals surface area contributed by atoms with Crippen molar-refractivity contribution in [2.24, 2.45) is 5.92 Å². The number of aliphatic hydroxyl groups is 1. The number of aliphatic carboxylic acids is 1. The minimum absolute atomic E-state index is 0. The molecule has 3 unspecified atom stereocenters. The van der Waals surface area contributed by atoms with E-state index in [1.807, 2.05) is 26.0 Å². The Morgan fingerprint density at radius 2 is 2.00 bits per heavy atom. The van der Waals surface area contributed by atoms with Crippen molar-refractivity contribution < 1.29 is 49.4 Å². The Morgan fingerprint density at radius 3 is 2.55 bits per heavy atom. The van der Waals surface area contributed by atoms with Gasteiger partial charge in [-0.1, -0.05) is 19.9 Å². The van der Waals surface area contributed by atoms with Gasteiger partial charge in [-0.2, -0.15) is 0 Å². The number of rotatable bonds is 5. The molecule has 3 heterocycles. The van der Waals surface area contributed by atoms with Gasteiger partial charge in [0.2, 0.25) is 5.91 Å². The fraction of sp³-hybridized carbons (Fsp3) is 0.421. The molecule has 2 aromatic rings. The van der Waals surface area contributed by atoms with Crippen LogP contribution in [0.2, 0.25) is 0 Å². The summed E-state index contributed by atoms with van der Waals surface area (Å²) in [5, 5.41) is 33.0. The van der Waals surface area contributed by atoms with E-state index in [1.54, 1.807) is 13.0 Å². The average molecular weight is 405 g/mol. The van der Waals surface area contributed by atoms with Crippen LogP contribution >= 0.6 is 0 Å². The number of nitrogens with zero attached hydrogens (tertiary/aromatic N) is 5. The number of aromatic nitrogens is 4. The van der Waals surface area contributed by atoms with Crippen molar-refractivity contribution in [1.82, 2.24) is 25.1 Å². The first-order chi connectivity index (χ1) is 13.3. The van der Waals surface area contributed by atoms with Gasteiger partial charge in [0.05, 0.1) is 35.4 Å². The van der Waals surface area contributed by atoms with Crippen molar-refractivity contribution in [1.29, 1.82) is 0 Å². The maximum atomic E-state index is 12.4. The molecule has 29 heavy (non-hydrogen) atoms. The van der Waals surface area contributed by atoms with Crippen molar-refractivity contribution in [3.05, 3.63) is 41.4 Å².